The molecule has 1 amide bonds. The molecule has 0 aliphatic rings. The Hall–Kier alpha value is -1.80. The van der Waals surface area contributed by atoms with Crippen molar-refractivity contribution in [2.24, 2.45) is 0 Å². The highest BCUT2D eigenvalue weighted by atomic mass is 35.5. The highest BCUT2D eigenvalue weighted by Crippen LogP contribution is 2.16. The van der Waals surface area contributed by atoms with E-state index in [0.29, 0.717) is 5.88 Å². The van der Waals surface area contributed by atoms with Gasteiger partial charge in [0, 0.05) is 11.4 Å². The topological polar surface area (TPSA) is 29.1 Å². The number of amides is 1. The van der Waals surface area contributed by atoms with Gasteiger partial charge in [0.25, 0.3) is 5.91 Å². The predicted molar refractivity (Wildman–Crippen MR) is 83.2 cm³/mol. The van der Waals surface area contributed by atoms with E-state index in [2.05, 4.69) is 5.32 Å². The number of nitrogens with one attached hydrogen (secondary N) is 1. The van der Waals surface area contributed by atoms with E-state index in [9.17, 15) is 4.79 Å². The first-order valence-electron chi connectivity index (χ1n) is 6.76. The molecule has 1 unspecified atom stereocenters. The molecule has 1 atom stereocenters. The van der Waals surface area contributed by atoms with Gasteiger partial charge in [-0.05, 0) is 23.6 Å². The third kappa shape index (κ3) is 3.40. The second-order valence-corrected chi connectivity index (χ2v) is 4.91. The lowest BCUT2D eigenvalue weighted by atomic mass is 10.0. The second kappa shape index (κ2) is 7.11. The number of hydrogen-bond donors (Lipinski definition) is 1. The van der Waals surface area contributed by atoms with Gasteiger partial charge in [0.2, 0.25) is 0 Å². The SMILES string of the molecule is CCc1ccccc1C(=O)NC(CCl)c1ccccc1. The third-order valence-electron chi connectivity index (χ3n) is 3.30. The van der Waals surface area contributed by atoms with E-state index in [1.807, 2.05) is 61.5 Å². The van der Waals surface area contributed by atoms with Crippen molar-refractivity contribution in [3.05, 3.63) is 71.3 Å². The maximum Gasteiger partial charge on any atom is 0.252 e. The molecule has 20 heavy (non-hydrogen) atoms. The number of benzene rings is 2. The monoisotopic (exact) mass is 287 g/mol. The van der Waals surface area contributed by atoms with E-state index in [1.165, 1.54) is 0 Å². The van der Waals surface area contributed by atoms with E-state index in [1.54, 1.807) is 0 Å². The van der Waals surface area contributed by atoms with Crippen LogP contribution in [0, 0.1) is 0 Å². The van der Waals surface area contributed by atoms with Gasteiger partial charge in [-0.25, -0.2) is 0 Å². The summed E-state index contributed by atoms with van der Waals surface area (Å²) in [6.07, 6.45) is 0.834. The lowest BCUT2D eigenvalue weighted by Gasteiger charge is -2.17. The van der Waals surface area contributed by atoms with Gasteiger partial charge in [-0.2, -0.15) is 0 Å². The zero-order valence-corrected chi connectivity index (χ0v) is 12.2. The number of halogens is 1. The molecule has 2 aromatic carbocycles. The molecule has 0 bridgehead atoms. The van der Waals surface area contributed by atoms with Crippen molar-refractivity contribution in [3.63, 3.8) is 0 Å². The molecule has 0 fully saturated rings. The largest absolute Gasteiger partial charge is 0.344 e. The first-order chi connectivity index (χ1) is 9.76. The average molecular weight is 288 g/mol. The van der Waals surface area contributed by atoms with Crippen molar-refractivity contribution in [1.29, 1.82) is 0 Å². The van der Waals surface area contributed by atoms with Gasteiger partial charge in [0.1, 0.15) is 0 Å². The fourth-order valence-electron chi connectivity index (χ4n) is 2.18. The molecule has 3 heteroatoms. The molecular weight excluding hydrogens is 270 g/mol. The third-order valence-corrected chi connectivity index (χ3v) is 3.61. The smallest absolute Gasteiger partial charge is 0.252 e. The maximum atomic E-state index is 12.4. The van der Waals surface area contributed by atoms with E-state index in [-0.39, 0.29) is 11.9 Å². The molecule has 0 aromatic heterocycles. The zero-order valence-electron chi connectivity index (χ0n) is 11.5. The van der Waals surface area contributed by atoms with Crippen LogP contribution in [0.5, 0.6) is 0 Å². The van der Waals surface area contributed by atoms with Crippen LogP contribution in [0.2, 0.25) is 0 Å². The Labute approximate surface area is 124 Å². The van der Waals surface area contributed by atoms with Gasteiger partial charge in [-0.15, -0.1) is 11.6 Å². The second-order valence-electron chi connectivity index (χ2n) is 4.60. The minimum atomic E-state index is -0.171. The summed E-state index contributed by atoms with van der Waals surface area (Å²) in [5, 5.41) is 3.00. The fraction of sp³-hybridized carbons (Fsp3) is 0.235. The summed E-state index contributed by atoms with van der Waals surface area (Å²) < 4.78 is 0. The number of hydrogen-bond acceptors (Lipinski definition) is 1. The van der Waals surface area contributed by atoms with Gasteiger partial charge in [0.15, 0.2) is 0 Å². The van der Waals surface area contributed by atoms with Gasteiger partial charge in [-0.3, -0.25) is 4.79 Å². The molecular formula is C17H18ClNO. The van der Waals surface area contributed by atoms with Crippen LogP contribution in [0.15, 0.2) is 54.6 Å². The van der Waals surface area contributed by atoms with Crippen LogP contribution in [-0.4, -0.2) is 11.8 Å². The van der Waals surface area contributed by atoms with Gasteiger partial charge < -0.3 is 5.32 Å². The van der Waals surface area contributed by atoms with Crippen LogP contribution >= 0.6 is 11.6 Å². The average Bonchev–Trinajstić information content (AvgIpc) is 2.53. The number of carbonyl (C=O) groups is 1. The summed E-state index contributed by atoms with van der Waals surface area (Å²) >= 11 is 5.99. The highest BCUT2D eigenvalue weighted by Gasteiger charge is 2.16. The molecule has 1 N–H and O–H groups in total. The van der Waals surface area contributed by atoms with Gasteiger partial charge >= 0.3 is 0 Å². The Morgan fingerprint density at radius 3 is 2.40 bits per heavy atom. The van der Waals surface area contributed by atoms with E-state index < -0.39 is 0 Å². The fourth-order valence-corrected chi connectivity index (χ4v) is 2.44. The molecule has 0 spiro atoms. The highest BCUT2D eigenvalue weighted by molar-refractivity contribution is 6.18. The Bertz CT molecular complexity index is 568. The first kappa shape index (κ1) is 14.6. The Morgan fingerprint density at radius 2 is 1.75 bits per heavy atom. The summed E-state index contributed by atoms with van der Waals surface area (Å²) in [7, 11) is 0. The minimum Gasteiger partial charge on any atom is -0.344 e. The van der Waals surface area contributed by atoms with Crippen molar-refractivity contribution >= 4 is 17.5 Å². The normalized spacial score (nSPS) is 11.9. The van der Waals surface area contributed by atoms with Crippen molar-refractivity contribution in [1.82, 2.24) is 5.32 Å². The van der Waals surface area contributed by atoms with Crippen LogP contribution in [-0.2, 0) is 6.42 Å². The Kier molecular flexibility index (Phi) is 5.19. The van der Waals surface area contributed by atoms with Crippen molar-refractivity contribution in [2.45, 2.75) is 19.4 Å². The van der Waals surface area contributed by atoms with Crippen molar-refractivity contribution < 1.29 is 4.79 Å². The quantitative estimate of drug-likeness (QED) is 0.829. The zero-order chi connectivity index (χ0) is 14.4. The molecule has 0 heterocycles. The lowest BCUT2D eigenvalue weighted by Crippen LogP contribution is -2.30. The lowest BCUT2D eigenvalue weighted by molar-refractivity contribution is 0.0939. The van der Waals surface area contributed by atoms with Gasteiger partial charge in [-0.1, -0.05) is 55.5 Å². The summed E-state index contributed by atoms with van der Waals surface area (Å²) in [6, 6.07) is 17.3. The molecule has 0 aliphatic heterocycles. The summed E-state index contributed by atoms with van der Waals surface area (Å²) in [5.41, 5.74) is 2.79. The Morgan fingerprint density at radius 1 is 1.10 bits per heavy atom. The molecule has 104 valence electrons. The summed E-state index contributed by atoms with van der Waals surface area (Å²) in [5.74, 6) is 0.279. The predicted octanol–water partition coefficient (Wildman–Crippen LogP) is 3.96. The maximum absolute atomic E-state index is 12.4. The standard InChI is InChI=1S/C17H18ClNO/c1-2-13-8-6-7-11-15(13)17(20)19-16(12-18)14-9-4-3-5-10-14/h3-11,16H,2,12H2,1H3,(H,19,20). The first-order valence-corrected chi connectivity index (χ1v) is 7.29. The van der Waals surface area contributed by atoms with Crippen LogP contribution in [0.25, 0.3) is 0 Å². The molecule has 0 saturated heterocycles. The van der Waals surface area contributed by atoms with Crippen LogP contribution < -0.4 is 5.32 Å². The van der Waals surface area contributed by atoms with E-state index in [0.717, 1.165) is 23.1 Å². The number of aryl methyl sites for hydroxylation is 1. The van der Waals surface area contributed by atoms with Crippen molar-refractivity contribution in [3.8, 4) is 0 Å². The van der Waals surface area contributed by atoms with Crippen LogP contribution in [0.1, 0.15) is 34.5 Å². The van der Waals surface area contributed by atoms with E-state index in [4.69, 9.17) is 11.6 Å². The minimum absolute atomic E-state index is 0.0723. The van der Waals surface area contributed by atoms with Crippen molar-refractivity contribution in [2.75, 3.05) is 5.88 Å². The number of alkyl halides is 1. The molecule has 2 aromatic rings. The van der Waals surface area contributed by atoms with Crippen LogP contribution in [0.4, 0.5) is 0 Å². The Balaban J connectivity index is 2.18. The molecule has 2 nitrogen and oxygen atoms in total. The summed E-state index contributed by atoms with van der Waals surface area (Å²) in [4.78, 5) is 12.4. The summed E-state index contributed by atoms with van der Waals surface area (Å²) in [6.45, 7) is 2.04. The van der Waals surface area contributed by atoms with E-state index >= 15 is 0 Å². The number of rotatable bonds is 5. The molecule has 0 aliphatic carbocycles. The molecule has 0 radical (unpaired) electrons. The molecule has 0 saturated carbocycles. The molecule has 2 rings (SSSR count). The van der Waals surface area contributed by atoms with Gasteiger partial charge in [0.05, 0.1) is 6.04 Å². The van der Waals surface area contributed by atoms with Crippen LogP contribution in [0.3, 0.4) is 0 Å². The number of carbonyl (C=O) groups excluding carboxylic acids is 1.